The highest BCUT2D eigenvalue weighted by Crippen LogP contribution is 2.42. The van der Waals surface area contributed by atoms with E-state index >= 15 is 0 Å². The number of carbonyl (C=O) groups excluding carboxylic acids is 3. The molecule has 1 saturated carbocycles. The summed E-state index contributed by atoms with van der Waals surface area (Å²) in [7, 11) is 0. The predicted molar refractivity (Wildman–Crippen MR) is 114 cm³/mol. The van der Waals surface area contributed by atoms with Crippen LogP contribution in [0.15, 0.2) is 48.5 Å². The molecular formula is C24H25FN2O4. The Balaban J connectivity index is 1.35. The van der Waals surface area contributed by atoms with E-state index in [1.54, 1.807) is 41.3 Å². The SMILES string of the molecule is O=C(COC(=O)C1(c2ccc(F)cc2)CCCC1)Nc1ccc(N2CCCC2=O)cc1. The summed E-state index contributed by atoms with van der Waals surface area (Å²) in [5.74, 6) is -1.14. The van der Waals surface area contributed by atoms with Crippen LogP contribution in [0.5, 0.6) is 0 Å². The summed E-state index contributed by atoms with van der Waals surface area (Å²) < 4.78 is 18.7. The van der Waals surface area contributed by atoms with Crippen molar-refractivity contribution < 1.29 is 23.5 Å². The largest absolute Gasteiger partial charge is 0.455 e. The minimum absolute atomic E-state index is 0.102. The molecule has 2 fully saturated rings. The summed E-state index contributed by atoms with van der Waals surface area (Å²) >= 11 is 0. The Hall–Kier alpha value is -3.22. The molecule has 2 aromatic carbocycles. The van der Waals surface area contributed by atoms with Crippen molar-refractivity contribution in [1.29, 1.82) is 0 Å². The molecule has 1 aliphatic heterocycles. The minimum atomic E-state index is -0.822. The van der Waals surface area contributed by atoms with Crippen molar-refractivity contribution in [3.63, 3.8) is 0 Å². The maximum absolute atomic E-state index is 13.3. The van der Waals surface area contributed by atoms with Crippen molar-refractivity contribution in [2.75, 3.05) is 23.4 Å². The average Bonchev–Trinajstić information content (AvgIpc) is 3.43. The Bertz CT molecular complexity index is 966. The smallest absolute Gasteiger partial charge is 0.317 e. The van der Waals surface area contributed by atoms with Crippen LogP contribution >= 0.6 is 0 Å². The summed E-state index contributed by atoms with van der Waals surface area (Å²) in [5, 5.41) is 2.71. The number of nitrogens with zero attached hydrogens (tertiary/aromatic N) is 1. The van der Waals surface area contributed by atoms with E-state index in [9.17, 15) is 18.8 Å². The van der Waals surface area contributed by atoms with Crippen molar-refractivity contribution in [2.45, 2.75) is 43.9 Å². The van der Waals surface area contributed by atoms with E-state index in [1.165, 1.54) is 12.1 Å². The number of amides is 2. The number of carbonyl (C=O) groups is 3. The van der Waals surface area contributed by atoms with Crippen LogP contribution in [-0.4, -0.2) is 30.9 Å². The van der Waals surface area contributed by atoms with Crippen molar-refractivity contribution in [2.24, 2.45) is 0 Å². The first kappa shape index (κ1) is 21.0. The summed E-state index contributed by atoms with van der Waals surface area (Å²) in [6.45, 7) is 0.310. The molecule has 2 amide bonds. The van der Waals surface area contributed by atoms with E-state index in [2.05, 4.69) is 5.32 Å². The molecule has 2 aliphatic rings. The molecule has 31 heavy (non-hydrogen) atoms. The standard InChI is InChI=1S/C24H25FN2O4/c25-18-7-5-17(6-8-18)24(13-1-2-14-24)23(30)31-16-21(28)26-19-9-11-20(12-10-19)27-15-3-4-22(27)29/h5-12H,1-4,13-16H2,(H,26,28). The number of hydrogen-bond acceptors (Lipinski definition) is 4. The lowest BCUT2D eigenvalue weighted by Gasteiger charge is -2.27. The first-order valence-corrected chi connectivity index (χ1v) is 10.6. The van der Waals surface area contributed by atoms with Gasteiger partial charge in [0.1, 0.15) is 5.82 Å². The second-order valence-electron chi connectivity index (χ2n) is 8.12. The molecule has 0 spiro atoms. The lowest BCUT2D eigenvalue weighted by atomic mass is 9.79. The molecule has 6 nitrogen and oxygen atoms in total. The highest BCUT2D eigenvalue weighted by Gasteiger charge is 2.44. The van der Waals surface area contributed by atoms with Gasteiger partial charge in [-0.2, -0.15) is 0 Å². The maximum Gasteiger partial charge on any atom is 0.317 e. The number of hydrogen-bond donors (Lipinski definition) is 1. The first-order chi connectivity index (χ1) is 15.0. The van der Waals surface area contributed by atoms with E-state index in [1.807, 2.05) is 0 Å². The Kier molecular flexibility index (Phi) is 6.02. The summed E-state index contributed by atoms with van der Waals surface area (Å²) in [5.41, 5.74) is 1.27. The second kappa shape index (κ2) is 8.88. The van der Waals surface area contributed by atoms with Crippen LogP contribution < -0.4 is 10.2 Å². The molecule has 7 heteroatoms. The molecule has 1 heterocycles. The Labute approximate surface area is 180 Å². The van der Waals surface area contributed by atoms with Gasteiger partial charge in [-0.1, -0.05) is 25.0 Å². The van der Waals surface area contributed by atoms with Gasteiger partial charge in [-0.05, 0) is 61.2 Å². The summed E-state index contributed by atoms with van der Waals surface area (Å²) in [4.78, 5) is 38.8. The molecule has 0 aromatic heterocycles. The van der Waals surface area contributed by atoms with Crippen LogP contribution in [0.25, 0.3) is 0 Å². The third-order valence-corrected chi connectivity index (χ3v) is 6.12. The van der Waals surface area contributed by atoms with Crippen molar-refractivity contribution in [3.05, 3.63) is 59.9 Å². The lowest BCUT2D eigenvalue weighted by molar-refractivity contribution is -0.153. The quantitative estimate of drug-likeness (QED) is 0.713. The number of ether oxygens (including phenoxy) is 1. The minimum Gasteiger partial charge on any atom is -0.455 e. The third kappa shape index (κ3) is 4.45. The highest BCUT2D eigenvalue weighted by molar-refractivity contribution is 5.96. The van der Waals surface area contributed by atoms with Crippen LogP contribution in [0, 0.1) is 5.82 Å². The van der Waals surface area contributed by atoms with Gasteiger partial charge >= 0.3 is 5.97 Å². The molecule has 0 unspecified atom stereocenters. The topological polar surface area (TPSA) is 75.7 Å². The van der Waals surface area contributed by atoms with Gasteiger partial charge in [0, 0.05) is 24.3 Å². The predicted octanol–water partition coefficient (Wildman–Crippen LogP) is 3.95. The number of nitrogens with one attached hydrogen (secondary N) is 1. The van der Waals surface area contributed by atoms with E-state index < -0.39 is 23.9 Å². The van der Waals surface area contributed by atoms with Gasteiger partial charge < -0.3 is 15.0 Å². The molecular weight excluding hydrogens is 399 g/mol. The fraction of sp³-hybridized carbons (Fsp3) is 0.375. The Morgan fingerprint density at radius 3 is 2.29 bits per heavy atom. The van der Waals surface area contributed by atoms with E-state index in [-0.39, 0.29) is 11.7 Å². The Morgan fingerprint density at radius 1 is 1.00 bits per heavy atom. The van der Waals surface area contributed by atoms with E-state index in [0.717, 1.165) is 30.5 Å². The van der Waals surface area contributed by atoms with Gasteiger partial charge in [-0.15, -0.1) is 0 Å². The number of anilines is 2. The number of benzene rings is 2. The molecule has 0 radical (unpaired) electrons. The van der Waals surface area contributed by atoms with Gasteiger partial charge in [-0.25, -0.2) is 4.39 Å². The van der Waals surface area contributed by atoms with Crippen molar-refractivity contribution in [1.82, 2.24) is 0 Å². The maximum atomic E-state index is 13.3. The van der Waals surface area contributed by atoms with Crippen LogP contribution in [-0.2, 0) is 24.5 Å². The molecule has 1 saturated heterocycles. The van der Waals surface area contributed by atoms with Gasteiger partial charge in [0.05, 0.1) is 5.41 Å². The molecule has 162 valence electrons. The zero-order valence-electron chi connectivity index (χ0n) is 17.2. The number of halogens is 1. The number of rotatable bonds is 6. The molecule has 4 rings (SSSR count). The van der Waals surface area contributed by atoms with Crippen LogP contribution in [0.1, 0.15) is 44.1 Å². The van der Waals surface area contributed by atoms with Crippen molar-refractivity contribution >= 4 is 29.2 Å². The summed E-state index contributed by atoms with van der Waals surface area (Å²) in [6, 6.07) is 12.9. The van der Waals surface area contributed by atoms with E-state index in [4.69, 9.17) is 4.74 Å². The van der Waals surface area contributed by atoms with Crippen LogP contribution in [0.2, 0.25) is 0 Å². The van der Waals surface area contributed by atoms with Gasteiger partial charge in [0.15, 0.2) is 6.61 Å². The van der Waals surface area contributed by atoms with Gasteiger partial charge in [0.25, 0.3) is 5.91 Å². The second-order valence-corrected chi connectivity index (χ2v) is 8.12. The fourth-order valence-corrected chi connectivity index (χ4v) is 4.47. The molecule has 1 N–H and O–H groups in total. The van der Waals surface area contributed by atoms with Crippen LogP contribution in [0.4, 0.5) is 15.8 Å². The summed E-state index contributed by atoms with van der Waals surface area (Å²) in [6.07, 6.45) is 4.41. The highest BCUT2D eigenvalue weighted by atomic mass is 19.1. The molecule has 2 aromatic rings. The monoisotopic (exact) mass is 424 g/mol. The molecule has 0 atom stereocenters. The molecule has 0 bridgehead atoms. The average molecular weight is 424 g/mol. The Morgan fingerprint density at radius 2 is 1.68 bits per heavy atom. The van der Waals surface area contributed by atoms with Crippen molar-refractivity contribution in [3.8, 4) is 0 Å². The normalized spacial score (nSPS) is 17.6. The zero-order chi connectivity index (χ0) is 21.8. The first-order valence-electron chi connectivity index (χ1n) is 10.6. The molecule has 1 aliphatic carbocycles. The number of esters is 1. The van der Waals surface area contributed by atoms with E-state index in [0.29, 0.717) is 31.5 Å². The van der Waals surface area contributed by atoms with Crippen LogP contribution in [0.3, 0.4) is 0 Å². The fourth-order valence-electron chi connectivity index (χ4n) is 4.47. The lowest BCUT2D eigenvalue weighted by Crippen LogP contribution is -2.36. The zero-order valence-corrected chi connectivity index (χ0v) is 17.2. The van der Waals surface area contributed by atoms with Gasteiger partial charge in [0.2, 0.25) is 5.91 Å². The van der Waals surface area contributed by atoms with Gasteiger partial charge in [-0.3, -0.25) is 14.4 Å². The third-order valence-electron chi connectivity index (χ3n) is 6.12.